The van der Waals surface area contributed by atoms with Gasteiger partial charge in [-0.05, 0) is 23.8 Å². The van der Waals surface area contributed by atoms with Gasteiger partial charge in [0, 0.05) is 19.8 Å². The Morgan fingerprint density at radius 3 is 1.81 bits per heavy atom. The van der Waals surface area contributed by atoms with Crippen molar-refractivity contribution in [1.29, 1.82) is 0 Å². The van der Waals surface area contributed by atoms with E-state index >= 15 is 0 Å². The molecule has 0 heterocycles. The maximum atomic E-state index is 12.6. The number of hydrogen-bond donors (Lipinski definition) is 0. The lowest BCUT2D eigenvalue weighted by atomic mass is 10.2. The Morgan fingerprint density at radius 2 is 1.41 bits per heavy atom. The maximum absolute atomic E-state index is 12.6. The topological polar surface area (TPSA) is 71.5 Å². The van der Waals surface area contributed by atoms with Crippen LogP contribution in [0.15, 0.2) is 40.7 Å². The number of nitrogens with zero attached hydrogens (tertiary/aromatic N) is 1. The van der Waals surface area contributed by atoms with Gasteiger partial charge in [0.15, 0.2) is 4.24 Å². The molecule has 0 radical (unpaired) electrons. The van der Waals surface area contributed by atoms with Gasteiger partial charge in [-0.3, -0.25) is 0 Å². The van der Waals surface area contributed by atoms with E-state index in [1.807, 2.05) is 0 Å². The summed E-state index contributed by atoms with van der Waals surface area (Å²) in [6, 6.07) is 6.09. The number of hydrogen-bond acceptors (Lipinski definition) is 5. The number of halogens is 6. The first-order chi connectivity index (χ1) is 12.0. The monoisotopic (exact) mass is 437 g/mol. The van der Waals surface area contributed by atoms with Gasteiger partial charge in [0.1, 0.15) is 0 Å². The van der Waals surface area contributed by atoms with Crippen LogP contribution in [0.25, 0.3) is 6.08 Å². The molecule has 0 fully saturated rings. The number of allylic oxidation sites excluding steroid dienone is 2. The second-order valence-electron chi connectivity index (χ2n) is 5.23. The van der Waals surface area contributed by atoms with Gasteiger partial charge in [0.05, 0.1) is 0 Å². The lowest BCUT2D eigenvalue weighted by molar-refractivity contribution is -0.0444. The van der Waals surface area contributed by atoms with Crippen LogP contribution in [-0.4, -0.2) is 41.9 Å². The smallest absolute Gasteiger partial charge is 0.378 e. The minimum Gasteiger partial charge on any atom is -0.378 e. The van der Waals surface area contributed by atoms with Crippen LogP contribution in [0.2, 0.25) is 0 Å². The Hall–Kier alpha value is -2.02. The number of benzene rings is 1. The Morgan fingerprint density at radius 1 is 0.926 bits per heavy atom. The highest BCUT2D eigenvalue weighted by Gasteiger charge is 2.59. The average molecular weight is 437 g/mol. The van der Waals surface area contributed by atoms with Crippen molar-refractivity contribution >= 4 is 31.4 Å². The fourth-order valence-electron chi connectivity index (χ4n) is 1.70. The molecule has 0 atom stereocenters. The molecule has 0 unspecified atom stereocenters. The molecular weight excluding hydrogens is 424 g/mol. The Balaban J connectivity index is 3.52. The van der Waals surface area contributed by atoms with Crippen molar-refractivity contribution in [1.82, 2.24) is 0 Å². The molecule has 5 nitrogen and oxygen atoms in total. The van der Waals surface area contributed by atoms with Crippen LogP contribution in [0.5, 0.6) is 0 Å². The zero-order chi connectivity index (χ0) is 21.3. The fraction of sp³-hybridized carbons (Fsp3) is 0.286. The minimum atomic E-state index is -6.76. The molecule has 0 saturated heterocycles. The van der Waals surface area contributed by atoms with Crippen LogP contribution in [0.3, 0.4) is 0 Å². The largest absolute Gasteiger partial charge is 0.502 e. The van der Waals surface area contributed by atoms with Crippen LogP contribution < -0.4 is 4.90 Å². The normalized spacial score (nSPS) is 13.6. The van der Waals surface area contributed by atoms with Gasteiger partial charge in [-0.25, -0.2) is 16.8 Å². The summed E-state index contributed by atoms with van der Waals surface area (Å²) in [5.74, 6) is 0. The molecule has 0 bridgehead atoms. The third kappa shape index (κ3) is 5.03. The Labute approximate surface area is 151 Å². The predicted molar refractivity (Wildman–Crippen MR) is 87.8 cm³/mol. The lowest BCUT2D eigenvalue weighted by Gasteiger charge is -2.14. The summed E-state index contributed by atoms with van der Waals surface area (Å²) in [7, 11) is -10.2. The van der Waals surface area contributed by atoms with Crippen LogP contribution in [0, 0.1) is 0 Å². The van der Waals surface area contributed by atoms with Crippen LogP contribution in [-0.2, 0) is 19.7 Å². The van der Waals surface area contributed by atoms with Crippen molar-refractivity contribution in [2.24, 2.45) is 0 Å². The number of anilines is 1. The van der Waals surface area contributed by atoms with E-state index in [1.54, 1.807) is 25.1 Å². The summed E-state index contributed by atoms with van der Waals surface area (Å²) in [4.78, 5) is 1.65. The molecule has 0 aliphatic heterocycles. The fourth-order valence-corrected chi connectivity index (χ4v) is 4.39. The summed E-state index contributed by atoms with van der Waals surface area (Å²) >= 11 is 0. The van der Waals surface area contributed by atoms with E-state index in [4.69, 9.17) is 0 Å². The zero-order valence-electron chi connectivity index (χ0n) is 13.7. The molecule has 152 valence electrons. The third-order valence-electron chi connectivity index (χ3n) is 3.05. The highest BCUT2D eigenvalue weighted by atomic mass is 32.3. The van der Waals surface area contributed by atoms with E-state index in [1.165, 1.54) is 18.2 Å². The molecule has 13 heteroatoms. The van der Waals surface area contributed by atoms with Crippen LogP contribution in [0.1, 0.15) is 5.56 Å². The zero-order valence-corrected chi connectivity index (χ0v) is 15.3. The quantitative estimate of drug-likeness (QED) is 0.521. The van der Waals surface area contributed by atoms with Crippen molar-refractivity contribution < 1.29 is 43.2 Å². The van der Waals surface area contributed by atoms with Gasteiger partial charge in [-0.1, -0.05) is 24.3 Å². The Bertz CT molecular complexity index is 912. The van der Waals surface area contributed by atoms with Gasteiger partial charge < -0.3 is 4.90 Å². The lowest BCUT2D eigenvalue weighted by Crippen LogP contribution is -2.34. The first kappa shape index (κ1) is 23.0. The number of rotatable bonds is 5. The SMILES string of the molecule is CN(C)c1cccc(/C=C/C=C(S(=O)(=O)C(F)(F)F)S(=O)(=O)C(F)(F)F)c1. The first-order valence-electron chi connectivity index (χ1n) is 6.80. The number of alkyl halides is 6. The van der Waals surface area contributed by atoms with E-state index in [-0.39, 0.29) is 11.6 Å². The van der Waals surface area contributed by atoms with E-state index < -0.39 is 34.9 Å². The summed E-state index contributed by atoms with van der Waals surface area (Å²) in [6.45, 7) is 0. The van der Waals surface area contributed by atoms with Crippen molar-refractivity contribution in [3.05, 3.63) is 46.2 Å². The second-order valence-corrected chi connectivity index (χ2v) is 9.31. The molecule has 0 amide bonds. The van der Waals surface area contributed by atoms with Crippen molar-refractivity contribution in [2.45, 2.75) is 11.0 Å². The van der Waals surface area contributed by atoms with Gasteiger partial charge in [0.2, 0.25) is 0 Å². The maximum Gasteiger partial charge on any atom is 0.502 e. The molecule has 27 heavy (non-hydrogen) atoms. The molecular formula is C14H13F6NO4S2. The summed E-state index contributed by atoms with van der Waals surface area (Å²) in [5.41, 5.74) is -11.5. The molecule has 0 aromatic heterocycles. The van der Waals surface area contributed by atoms with Gasteiger partial charge in [-0.2, -0.15) is 26.3 Å². The van der Waals surface area contributed by atoms with Gasteiger partial charge in [-0.15, -0.1) is 0 Å². The summed E-state index contributed by atoms with van der Waals surface area (Å²) in [5, 5.41) is 0. The third-order valence-corrected chi connectivity index (χ3v) is 6.91. The predicted octanol–water partition coefficient (Wildman–Crippen LogP) is 3.48. The van der Waals surface area contributed by atoms with E-state index in [9.17, 15) is 43.2 Å². The highest BCUT2D eigenvalue weighted by molar-refractivity contribution is 8.15. The van der Waals surface area contributed by atoms with Gasteiger partial charge in [0.25, 0.3) is 19.7 Å². The molecule has 1 aromatic rings. The van der Waals surface area contributed by atoms with Crippen molar-refractivity contribution in [2.75, 3.05) is 19.0 Å². The molecule has 0 spiro atoms. The molecule has 0 aliphatic rings. The van der Waals surface area contributed by atoms with Crippen LogP contribution >= 0.6 is 0 Å². The van der Waals surface area contributed by atoms with Crippen molar-refractivity contribution in [3.63, 3.8) is 0 Å². The van der Waals surface area contributed by atoms with Crippen molar-refractivity contribution in [3.8, 4) is 0 Å². The summed E-state index contributed by atoms with van der Waals surface area (Å²) < 4.78 is 118. The highest BCUT2D eigenvalue weighted by Crippen LogP contribution is 2.38. The standard InChI is InChI=1S/C14H13F6NO4S2/c1-21(2)11-7-3-5-10(9-11)6-4-8-12(26(22,23)13(15,16)17)27(24,25)14(18,19)20/h3-9H,1-2H3/b6-4+. The molecule has 1 aromatic carbocycles. The van der Waals surface area contributed by atoms with Crippen LogP contribution in [0.4, 0.5) is 32.0 Å². The Kier molecular flexibility index (Phi) is 6.43. The second kappa shape index (κ2) is 7.54. The number of sulfone groups is 2. The molecule has 0 N–H and O–H groups in total. The molecule has 1 rings (SSSR count). The van der Waals surface area contributed by atoms with E-state index in [0.717, 1.165) is 6.08 Å². The molecule has 0 aliphatic carbocycles. The average Bonchev–Trinajstić information content (AvgIpc) is 2.49. The molecule has 0 saturated carbocycles. The van der Waals surface area contributed by atoms with Gasteiger partial charge >= 0.3 is 11.0 Å². The van der Waals surface area contributed by atoms with E-state index in [0.29, 0.717) is 11.8 Å². The summed E-state index contributed by atoms with van der Waals surface area (Å²) in [6.07, 6.45) is 1.20. The first-order valence-corrected chi connectivity index (χ1v) is 9.77. The van der Waals surface area contributed by atoms with E-state index in [2.05, 4.69) is 0 Å². The minimum absolute atomic E-state index is 0.242.